The van der Waals surface area contributed by atoms with Crippen LogP contribution >= 0.6 is 0 Å². The number of para-hydroxylation sites is 2. The minimum Gasteiger partial charge on any atom is -0.310 e. The van der Waals surface area contributed by atoms with E-state index in [1.165, 1.54) is 53.8 Å². The summed E-state index contributed by atoms with van der Waals surface area (Å²) >= 11 is 0. The van der Waals surface area contributed by atoms with Gasteiger partial charge in [0.1, 0.15) is 0 Å². The molecular formula is C61H48N2Si. The second kappa shape index (κ2) is 16.2. The molecule has 0 aliphatic heterocycles. The van der Waals surface area contributed by atoms with E-state index in [1.54, 1.807) is 0 Å². The van der Waals surface area contributed by atoms with Crippen LogP contribution in [0.1, 0.15) is 25.0 Å². The molecule has 0 spiro atoms. The Labute approximate surface area is 378 Å². The molecule has 0 saturated heterocycles. The summed E-state index contributed by atoms with van der Waals surface area (Å²) in [6, 6.07) is 94.3. The molecule has 2 nitrogen and oxygen atoms in total. The molecule has 3 heteroatoms. The molecule has 0 unspecified atom stereocenters. The lowest BCUT2D eigenvalue weighted by molar-refractivity contribution is 0.660. The maximum atomic E-state index is 2.48. The first-order valence-electron chi connectivity index (χ1n) is 22.3. The molecule has 0 amide bonds. The van der Waals surface area contributed by atoms with Crippen molar-refractivity contribution in [2.24, 2.45) is 0 Å². The van der Waals surface area contributed by atoms with E-state index in [1.807, 2.05) is 0 Å². The molecule has 0 aromatic heterocycles. The molecule has 10 aromatic carbocycles. The van der Waals surface area contributed by atoms with Crippen molar-refractivity contribution in [3.05, 3.63) is 266 Å². The molecule has 0 radical (unpaired) electrons. The summed E-state index contributed by atoms with van der Waals surface area (Å²) in [5.41, 5.74) is 12.0. The van der Waals surface area contributed by atoms with Crippen molar-refractivity contribution in [3.63, 3.8) is 0 Å². The van der Waals surface area contributed by atoms with E-state index in [0.717, 1.165) is 34.1 Å². The van der Waals surface area contributed by atoms with Gasteiger partial charge in [0.25, 0.3) is 0 Å². The fourth-order valence-corrected chi connectivity index (χ4v) is 15.1. The summed E-state index contributed by atoms with van der Waals surface area (Å²) in [5, 5.41) is 7.72. The average Bonchev–Trinajstić information content (AvgIpc) is 3.59. The van der Waals surface area contributed by atoms with Gasteiger partial charge in [-0.2, -0.15) is 0 Å². The Kier molecular flexibility index (Phi) is 9.91. The zero-order valence-corrected chi connectivity index (χ0v) is 37.1. The Morgan fingerprint density at radius 2 is 0.688 bits per heavy atom. The smallest absolute Gasteiger partial charge is 0.179 e. The Hall–Kier alpha value is -7.72. The van der Waals surface area contributed by atoms with Gasteiger partial charge in [-0.3, -0.25) is 0 Å². The number of hydrogen-bond acceptors (Lipinski definition) is 2. The Morgan fingerprint density at radius 1 is 0.281 bits per heavy atom. The summed E-state index contributed by atoms with van der Waals surface area (Å²) in [4.78, 5) is 4.86. The quantitative estimate of drug-likeness (QED) is 0.100. The van der Waals surface area contributed by atoms with Crippen LogP contribution in [-0.2, 0) is 5.41 Å². The molecule has 0 heterocycles. The predicted octanol–water partition coefficient (Wildman–Crippen LogP) is 13.5. The molecule has 1 aliphatic carbocycles. The molecule has 0 saturated carbocycles. The molecule has 306 valence electrons. The van der Waals surface area contributed by atoms with Crippen molar-refractivity contribution in [2.75, 3.05) is 9.80 Å². The molecule has 0 bridgehead atoms. The van der Waals surface area contributed by atoms with Gasteiger partial charge in [0.05, 0.1) is 0 Å². The zero-order chi connectivity index (χ0) is 43.1. The van der Waals surface area contributed by atoms with Crippen molar-refractivity contribution < 1.29 is 0 Å². The summed E-state index contributed by atoms with van der Waals surface area (Å²) in [6.45, 7) is 4.73. The minimum absolute atomic E-state index is 0.125. The first kappa shape index (κ1) is 39.1. The van der Waals surface area contributed by atoms with Crippen molar-refractivity contribution in [3.8, 4) is 11.1 Å². The average molecular weight is 837 g/mol. The fraction of sp³-hybridized carbons (Fsp3) is 0.0492. The van der Waals surface area contributed by atoms with Crippen LogP contribution in [0.2, 0.25) is 0 Å². The third-order valence-corrected chi connectivity index (χ3v) is 18.1. The summed E-state index contributed by atoms with van der Waals surface area (Å²) < 4.78 is 0. The molecule has 0 fully saturated rings. The molecule has 11 rings (SSSR count). The maximum absolute atomic E-state index is 3.04. The molecule has 0 atom stereocenters. The van der Waals surface area contributed by atoms with Gasteiger partial charge in [0.2, 0.25) is 0 Å². The molecule has 1 aliphatic rings. The van der Waals surface area contributed by atoms with Crippen molar-refractivity contribution in [1.82, 2.24) is 0 Å². The first-order chi connectivity index (χ1) is 31.5. The van der Waals surface area contributed by atoms with Gasteiger partial charge >= 0.3 is 0 Å². The molecule has 0 N–H and O–H groups in total. The van der Waals surface area contributed by atoms with Gasteiger partial charge in [-0.15, -0.1) is 0 Å². The number of benzene rings is 10. The standard InChI is InChI=1S/C61H48N2Si/c1-61(2)59-36-18-17-35-57(59)58-40-39-52(44-60(58)61)63(48-25-9-4-10-26-48)50-28-20-34-56(43-50)64(53-29-11-5-12-30-53,54-31-13-6-14-32-54)55-33-19-27-49(42-55)62(47-23-7-3-8-24-47)51-38-37-45-21-15-16-22-46(45)41-51/h3-44H,1-2H3. The summed E-state index contributed by atoms with van der Waals surface area (Å²) in [6.07, 6.45) is 0. The van der Waals surface area contributed by atoms with Crippen LogP contribution in [0.5, 0.6) is 0 Å². The zero-order valence-electron chi connectivity index (χ0n) is 36.1. The monoisotopic (exact) mass is 836 g/mol. The minimum atomic E-state index is -3.04. The van der Waals surface area contributed by atoms with Crippen molar-refractivity contribution in [2.45, 2.75) is 19.3 Å². The van der Waals surface area contributed by atoms with Gasteiger partial charge < -0.3 is 9.80 Å². The first-order valence-corrected chi connectivity index (χ1v) is 24.3. The van der Waals surface area contributed by atoms with Crippen LogP contribution in [0.15, 0.2) is 255 Å². The van der Waals surface area contributed by atoms with Crippen LogP contribution in [0.3, 0.4) is 0 Å². The van der Waals surface area contributed by atoms with E-state index in [2.05, 4.69) is 278 Å². The molecule has 10 aromatic rings. The third-order valence-electron chi connectivity index (χ3n) is 13.3. The van der Waals surface area contributed by atoms with E-state index in [-0.39, 0.29) is 5.41 Å². The largest absolute Gasteiger partial charge is 0.310 e. The van der Waals surface area contributed by atoms with E-state index < -0.39 is 8.07 Å². The highest BCUT2D eigenvalue weighted by Gasteiger charge is 2.42. The van der Waals surface area contributed by atoms with E-state index >= 15 is 0 Å². The van der Waals surface area contributed by atoms with Crippen LogP contribution in [0, 0.1) is 0 Å². The lowest BCUT2D eigenvalue weighted by atomic mass is 9.82. The summed E-state index contributed by atoms with van der Waals surface area (Å²) in [5.74, 6) is 0. The van der Waals surface area contributed by atoms with Crippen LogP contribution in [-0.4, -0.2) is 8.07 Å². The summed E-state index contributed by atoms with van der Waals surface area (Å²) in [7, 11) is -3.04. The van der Waals surface area contributed by atoms with E-state index in [4.69, 9.17) is 0 Å². The fourth-order valence-electron chi connectivity index (χ4n) is 10.3. The van der Waals surface area contributed by atoms with Crippen molar-refractivity contribution >= 4 is 73.7 Å². The van der Waals surface area contributed by atoms with E-state index in [9.17, 15) is 0 Å². The topological polar surface area (TPSA) is 6.48 Å². The Morgan fingerprint density at radius 3 is 1.27 bits per heavy atom. The number of anilines is 6. The van der Waals surface area contributed by atoms with Crippen LogP contribution in [0.25, 0.3) is 21.9 Å². The highest BCUT2D eigenvalue weighted by atomic mass is 28.3. The van der Waals surface area contributed by atoms with E-state index in [0.29, 0.717) is 0 Å². The van der Waals surface area contributed by atoms with Gasteiger partial charge in [-0.25, -0.2) is 0 Å². The highest BCUT2D eigenvalue weighted by Crippen LogP contribution is 2.50. The number of hydrogen-bond donors (Lipinski definition) is 0. The lowest BCUT2D eigenvalue weighted by Gasteiger charge is -2.36. The third kappa shape index (κ3) is 6.64. The number of nitrogens with zero attached hydrogens (tertiary/aromatic N) is 2. The van der Waals surface area contributed by atoms with Crippen LogP contribution < -0.4 is 30.5 Å². The number of rotatable bonds is 10. The molecule has 64 heavy (non-hydrogen) atoms. The second-order valence-electron chi connectivity index (χ2n) is 17.4. The van der Waals surface area contributed by atoms with Gasteiger partial charge in [-0.1, -0.05) is 196 Å². The van der Waals surface area contributed by atoms with Gasteiger partial charge in [0.15, 0.2) is 8.07 Å². The molecular weight excluding hydrogens is 789 g/mol. The predicted molar refractivity (Wildman–Crippen MR) is 274 cm³/mol. The SMILES string of the molecule is CC1(C)c2ccccc2-c2ccc(N(c3ccccc3)c3cccc([Si](c4ccccc4)(c4ccccc4)c4cccc(N(c5ccccc5)c5ccc6ccccc6c5)c4)c3)cc21. The maximum Gasteiger partial charge on any atom is 0.179 e. The Bertz CT molecular complexity index is 3220. The number of fused-ring (bicyclic) bond motifs is 4. The lowest BCUT2D eigenvalue weighted by Crippen LogP contribution is -2.74. The normalized spacial score (nSPS) is 12.7. The highest BCUT2D eigenvalue weighted by molar-refractivity contribution is 7.20. The van der Waals surface area contributed by atoms with Gasteiger partial charge in [-0.05, 0) is 127 Å². The Balaban J connectivity index is 1.13. The van der Waals surface area contributed by atoms with Gasteiger partial charge in [0, 0.05) is 39.5 Å². The van der Waals surface area contributed by atoms with Crippen molar-refractivity contribution in [1.29, 1.82) is 0 Å². The second-order valence-corrected chi connectivity index (χ2v) is 21.2. The van der Waals surface area contributed by atoms with Crippen LogP contribution in [0.4, 0.5) is 34.1 Å².